The lowest BCUT2D eigenvalue weighted by Gasteiger charge is -2.13. The summed E-state index contributed by atoms with van der Waals surface area (Å²) in [5, 5.41) is 0. The molecular weight excluding hydrogens is 424 g/mol. The van der Waals surface area contributed by atoms with Crippen LogP contribution in [0.3, 0.4) is 0 Å². The number of aryl methyl sites for hydroxylation is 2. The van der Waals surface area contributed by atoms with Crippen molar-refractivity contribution in [2.75, 3.05) is 14.2 Å². The van der Waals surface area contributed by atoms with E-state index in [-0.39, 0.29) is 0 Å². The Labute approximate surface area is 200 Å². The van der Waals surface area contributed by atoms with E-state index in [1.54, 1.807) is 14.2 Å². The van der Waals surface area contributed by atoms with Gasteiger partial charge in [-0.25, -0.2) is 0 Å². The Hall–Kier alpha value is -4.18. The molecule has 8 rings (SSSR count). The summed E-state index contributed by atoms with van der Waals surface area (Å²) in [7, 11) is 3.32. The molecule has 4 aliphatic rings. The Morgan fingerprint density at radius 3 is 2.06 bits per heavy atom. The summed E-state index contributed by atoms with van der Waals surface area (Å²) in [6.07, 6.45) is 5.90. The van der Waals surface area contributed by atoms with Crippen molar-refractivity contribution >= 4 is 12.2 Å². The molecule has 0 unspecified atom stereocenters. The summed E-state index contributed by atoms with van der Waals surface area (Å²) in [4.78, 5) is 0. The fourth-order valence-corrected chi connectivity index (χ4v) is 3.97. The molecular formula is C30H26O4. The van der Waals surface area contributed by atoms with E-state index in [9.17, 15) is 0 Å². The number of hydrogen-bond acceptors (Lipinski definition) is 4. The van der Waals surface area contributed by atoms with Crippen LogP contribution in [0.1, 0.15) is 22.3 Å². The van der Waals surface area contributed by atoms with Crippen molar-refractivity contribution in [2.45, 2.75) is 12.8 Å². The van der Waals surface area contributed by atoms with Gasteiger partial charge in [-0.3, -0.25) is 0 Å². The molecule has 0 radical (unpaired) electrons. The van der Waals surface area contributed by atoms with Gasteiger partial charge < -0.3 is 18.9 Å². The van der Waals surface area contributed by atoms with Crippen LogP contribution in [0.5, 0.6) is 34.5 Å². The fraction of sp³-hybridized carbons (Fsp3) is 0.133. The van der Waals surface area contributed by atoms with Crippen molar-refractivity contribution in [1.29, 1.82) is 0 Å². The lowest BCUT2D eigenvalue weighted by Crippen LogP contribution is -1.96. The lowest BCUT2D eigenvalue weighted by molar-refractivity contribution is 0.378. The summed E-state index contributed by atoms with van der Waals surface area (Å²) in [5.41, 5.74) is 4.46. The highest BCUT2D eigenvalue weighted by molar-refractivity contribution is 5.71. The predicted molar refractivity (Wildman–Crippen MR) is 135 cm³/mol. The Morgan fingerprint density at radius 1 is 0.559 bits per heavy atom. The Bertz CT molecular complexity index is 1320. The number of methoxy groups -OCH3 is 2. The van der Waals surface area contributed by atoms with Crippen LogP contribution < -0.4 is 18.9 Å². The molecule has 34 heavy (non-hydrogen) atoms. The Kier molecular flexibility index (Phi) is 6.21. The molecule has 0 atom stereocenters. The van der Waals surface area contributed by atoms with Crippen molar-refractivity contribution in [3.8, 4) is 34.5 Å². The Morgan fingerprint density at radius 2 is 1.26 bits per heavy atom. The summed E-state index contributed by atoms with van der Waals surface area (Å²) >= 11 is 0. The third-order valence-electron chi connectivity index (χ3n) is 5.82. The predicted octanol–water partition coefficient (Wildman–Crippen LogP) is 7.56. The van der Waals surface area contributed by atoms with E-state index in [0.717, 1.165) is 41.2 Å². The molecule has 8 bridgehead atoms. The van der Waals surface area contributed by atoms with Crippen molar-refractivity contribution in [1.82, 2.24) is 0 Å². The average Bonchev–Trinajstić information content (AvgIpc) is 2.87. The van der Waals surface area contributed by atoms with Crippen LogP contribution in [-0.2, 0) is 12.8 Å². The van der Waals surface area contributed by atoms with Crippen molar-refractivity contribution in [2.24, 2.45) is 0 Å². The molecule has 4 heterocycles. The van der Waals surface area contributed by atoms with E-state index >= 15 is 0 Å². The number of ether oxygens (including phenoxy) is 4. The van der Waals surface area contributed by atoms with Crippen LogP contribution in [0.25, 0.3) is 12.2 Å². The first-order chi connectivity index (χ1) is 16.7. The van der Waals surface area contributed by atoms with Crippen molar-refractivity contribution < 1.29 is 18.9 Å². The maximum Gasteiger partial charge on any atom is 0.169 e. The number of benzene rings is 4. The van der Waals surface area contributed by atoms with Gasteiger partial charge in [0, 0.05) is 0 Å². The third-order valence-corrected chi connectivity index (χ3v) is 5.82. The van der Waals surface area contributed by atoms with Gasteiger partial charge in [0.1, 0.15) is 11.5 Å². The van der Waals surface area contributed by atoms with Gasteiger partial charge in [0.2, 0.25) is 0 Å². The minimum Gasteiger partial charge on any atom is -0.493 e. The van der Waals surface area contributed by atoms with Gasteiger partial charge in [0.25, 0.3) is 0 Å². The molecule has 4 aliphatic heterocycles. The lowest BCUT2D eigenvalue weighted by atomic mass is 10.0. The second-order valence-electron chi connectivity index (χ2n) is 8.15. The summed E-state index contributed by atoms with van der Waals surface area (Å²) < 4.78 is 23.5. The quantitative estimate of drug-likeness (QED) is 0.316. The van der Waals surface area contributed by atoms with Gasteiger partial charge in [0.05, 0.1) is 14.2 Å². The molecule has 4 heteroatoms. The second-order valence-corrected chi connectivity index (χ2v) is 8.15. The third kappa shape index (κ3) is 4.91. The minimum atomic E-state index is 0.676. The molecule has 4 nitrogen and oxygen atoms in total. The van der Waals surface area contributed by atoms with Crippen LogP contribution in [0.15, 0.2) is 84.9 Å². The molecule has 0 saturated carbocycles. The zero-order valence-corrected chi connectivity index (χ0v) is 19.3. The van der Waals surface area contributed by atoms with Gasteiger partial charge in [-0.1, -0.05) is 48.6 Å². The first-order valence-corrected chi connectivity index (χ1v) is 11.3. The van der Waals surface area contributed by atoms with Crippen LogP contribution in [0.4, 0.5) is 0 Å². The number of hydrogen-bond donors (Lipinski definition) is 0. The molecule has 0 amide bonds. The van der Waals surface area contributed by atoms with Crippen LogP contribution in [-0.4, -0.2) is 14.2 Å². The first-order valence-electron chi connectivity index (χ1n) is 11.3. The SMILES string of the molecule is COc1cc2ccc1Oc1cccc(c1)/C=C\c1ccc(OC)c(c1)Oc1ccc(cc1)CC2. The maximum atomic E-state index is 6.17. The molecule has 0 saturated heterocycles. The normalized spacial score (nSPS) is 13.5. The zero-order chi connectivity index (χ0) is 23.3. The monoisotopic (exact) mass is 450 g/mol. The second kappa shape index (κ2) is 9.75. The van der Waals surface area contributed by atoms with Gasteiger partial charge in [-0.2, -0.15) is 0 Å². The van der Waals surface area contributed by atoms with E-state index in [4.69, 9.17) is 18.9 Å². The maximum absolute atomic E-state index is 6.17. The van der Waals surface area contributed by atoms with Gasteiger partial charge in [-0.05, 0) is 83.6 Å². The van der Waals surface area contributed by atoms with Crippen molar-refractivity contribution in [3.05, 3.63) is 107 Å². The molecule has 4 aromatic carbocycles. The van der Waals surface area contributed by atoms with Gasteiger partial charge in [-0.15, -0.1) is 0 Å². The first kappa shape index (κ1) is 21.7. The molecule has 4 aromatic rings. The molecule has 0 aliphatic carbocycles. The van der Waals surface area contributed by atoms with Crippen LogP contribution in [0, 0.1) is 0 Å². The van der Waals surface area contributed by atoms with Crippen LogP contribution >= 0.6 is 0 Å². The summed E-state index contributed by atoms with van der Waals surface area (Å²) in [6.45, 7) is 0. The largest absolute Gasteiger partial charge is 0.493 e. The van der Waals surface area contributed by atoms with Crippen molar-refractivity contribution in [3.63, 3.8) is 0 Å². The van der Waals surface area contributed by atoms with Gasteiger partial charge in [0.15, 0.2) is 23.0 Å². The van der Waals surface area contributed by atoms with E-state index in [1.807, 2.05) is 78.9 Å². The molecule has 170 valence electrons. The molecule has 0 spiro atoms. The summed E-state index contributed by atoms with van der Waals surface area (Å²) in [6, 6.07) is 28.2. The average molecular weight is 451 g/mol. The highest BCUT2D eigenvalue weighted by Gasteiger charge is 2.10. The topological polar surface area (TPSA) is 36.9 Å². The molecule has 0 fully saturated rings. The van der Waals surface area contributed by atoms with E-state index in [1.165, 1.54) is 11.1 Å². The van der Waals surface area contributed by atoms with Crippen LogP contribution in [0.2, 0.25) is 0 Å². The van der Waals surface area contributed by atoms with E-state index in [2.05, 4.69) is 18.2 Å². The highest BCUT2D eigenvalue weighted by atomic mass is 16.5. The molecule has 0 N–H and O–H groups in total. The standard InChI is InChI=1S/C30H26O4/c1-31-27-16-12-24-9-8-22-4-3-5-26(18-22)34-28-17-13-23(19-29(28)32-2)7-6-21-10-14-25(15-11-21)33-30(27)20-24/h3-5,8-20H,6-7H2,1-2H3/b9-8-. The molecule has 0 aromatic heterocycles. The smallest absolute Gasteiger partial charge is 0.169 e. The van der Waals surface area contributed by atoms with Gasteiger partial charge >= 0.3 is 0 Å². The highest BCUT2D eigenvalue weighted by Crippen LogP contribution is 2.35. The fourth-order valence-electron chi connectivity index (χ4n) is 3.97. The minimum absolute atomic E-state index is 0.676. The van der Waals surface area contributed by atoms with E-state index in [0.29, 0.717) is 17.2 Å². The summed E-state index contributed by atoms with van der Waals surface area (Å²) in [5.74, 6) is 4.31. The zero-order valence-electron chi connectivity index (χ0n) is 19.3. The Balaban J connectivity index is 1.56. The van der Waals surface area contributed by atoms with E-state index < -0.39 is 0 Å². The number of rotatable bonds is 2.